The van der Waals surface area contributed by atoms with Gasteiger partial charge in [-0.3, -0.25) is 4.90 Å². The molecule has 7 heteroatoms. The lowest BCUT2D eigenvalue weighted by molar-refractivity contribution is -0.0380. The average Bonchev–Trinajstić information content (AvgIpc) is 2.96. The first-order valence-electron chi connectivity index (χ1n) is 7.24. The van der Waals surface area contributed by atoms with Crippen LogP contribution in [0.4, 0.5) is 4.39 Å². The Morgan fingerprint density at radius 2 is 2.27 bits per heavy atom. The third-order valence-electron chi connectivity index (χ3n) is 3.48. The Labute approximate surface area is 127 Å². The number of hydrogen-bond donors (Lipinski definition) is 0. The fraction of sp³-hybridized carbons (Fsp3) is 0.467. The lowest BCUT2D eigenvalue weighted by atomic mass is 10.2. The Hall–Kier alpha value is -1.99. The molecule has 2 aromatic rings. The van der Waals surface area contributed by atoms with Gasteiger partial charge >= 0.3 is 0 Å². The summed E-state index contributed by atoms with van der Waals surface area (Å²) in [6.07, 6.45) is -0.195. The summed E-state index contributed by atoms with van der Waals surface area (Å²) >= 11 is 0. The first kappa shape index (κ1) is 14.9. The molecular weight excluding hydrogens is 289 g/mol. The van der Waals surface area contributed by atoms with Gasteiger partial charge in [0.25, 0.3) is 0 Å². The fourth-order valence-electron chi connectivity index (χ4n) is 2.35. The van der Waals surface area contributed by atoms with Gasteiger partial charge in [-0.15, -0.1) is 0 Å². The van der Waals surface area contributed by atoms with E-state index in [2.05, 4.69) is 15.0 Å². The van der Waals surface area contributed by atoms with Crippen molar-refractivity contribution in [2.75, 3.05) is 32.8 Å². The third-order valence-corrected chi connectivity index (χ3v) is 3.48. The van der Waals surface area contributed by atoms with Crippen LogP contribution in [-0.2, 0) is 4.74 Å². The highest BCUT2D eigenvalue weighted by atomic mass is 19.1. The van der Waals surface area contributed by atoms with Crippen LogP contribution in [0.15, 0.2) is 28.8 Å². The highest BCUT2D eigenvalue weighted by molar-refractivity contribution is 5.23. The summed E-state index contributed by atoms with van der Waals surface area (Å²) in [5, 5.41) is 3.89. The van der Waals surface area contributed by atoms with Gasteiger partial charge in [0.1, 0.15) is 12.7 Å². The predicted molar refractivity (Wildman–Crippen MR) is 76.1 cm³/mol. The normalized spacial score (nSPS) is 19.3. The van der Waals surface area contributed by atoms with E-state index in [1.54, 1.807) is 25.1 Å². The van der Waals surface area contributed by atoms with Gasteiger partial charge in [-0.1, -0.05) is 17.3 Å². The molecule has 0 bridgehead atoms. The van der Waals surface area contributed by atoms with Crippen molar-refractivity contribution in [2.24, 2.45) is 0 Å². The molecule has 0 spiro atoms. The second-order valence-corrected chi connectivity index (χ2v) is 5.11. The molecule has 1 aliphatic rings. The van der Waals surface area contributed by atoms with E-state index in [0.29, 0.717) is 38.0 Å². The zero-order valence-corrected chi connectivity index (χ0v) is 12.4. The topological polar surface area (TPSA) is 60.6 Å². The van der Waals surface area contributed by atoms with E-state index in [9.17, 15) is 4.39 Å². The molecule has 6 nitrogen and oxygen atoms in total. The molecule has 0 N–H and O–H groups in total. The Balaban J connectivity index is 1.49. The molecule has 1 aromatic carbocycles. The van der Waals surface area contributed by atoms with E-state index in [-0.39, 0.29) is 17.7 Å². The first-order valence-corrected chi connectivity index (χ1v) is 7.24. The van der Waals surface area contributed by atoms with E-state index in [1.165, 1.54) is 6.07 Å². The van der Waals surface area contributed by atoms with Gasteiger partial charge in [-0.05, 0) is 12.1 Å². The zero-order chi connectivity index (χ0) is 15.4. The maximum absolute atomic E-state index is 13.5. The summed E-state index contributed by atoms with van der Waals surface area (Å²) in [5.41, 5.74) is 0. The number of morpholine rings is 1. The predicted octanol–water partition coefficient (Wildman–Crippen LogP) is 1.97. The second-order valence-electron chi connectivity index (χ2n) is 5.11. The Kier molecular flexibility index (Phi) is 4.65. The molecule has 1 aliphatic heterocycles. The molecule has 0 aliphatic carbocycles. The molecule has 2 heterocycles. The van der Waals surface area contributed by atoms with Crippen molar-refractivity contribution in [2.45, 2.75) is 13.0 Å². The summed E-state index contributed by atoms with van der Waals surface area (Å²) in [5.74, 6) is 1.03. The summed E-state index contributed by atoms with van der Waals surface area (Å²) < 4.78 is 29.6. The minimum atomic E-state index is -0.343. The number of aryl methyl sites for hydroxylation is 1. The zero-order valence-electron chi connectivity index (χ0n) is 12.4. The van der Waals surface area contributed by atoms with Crippen LogP contribution in [0.25, 0.3) is 0 Å². The van der Waals surface area contributed by atoms with Crippen molar-refractivity contribution in [1.82, 2.24) is 15.0 Å². The Morgan fingerprint density at radius 1 is 1.41 bits per heavy atom. The van der Waals surface area contributed by atoms with Gasteiger partial charge in [-0.2, -0.15) is 4.98 Å². The molecule has 22 heavy (non-hydrogen) atoms. The molecule has 0 amide bonds. The van der Waals surface area contributed by atoms with Crippen molar-refractivity contribution in [3.63, 3.8) is 0 Å². The smallest absolute Gasteiger partial charge is 0.223 e. The number of benzene rings is 1. The van der Waals surface area contributed by atoms with Crippen LogP contribution in [0.1, 0.15) is 17.8 Å². The van der Waals surface area contributed by atoms with Gasteiger partial charge in [0.15, 0.2) is 11.6 Å². The van der Waals surface area contributed by atoms with E-state index >= 15 is 0 Å². The fourth-order valence-corrected chi connectivity index (χ4v) is 2.35. The summed E-state index contributed by atoms with van der Waals surface area (Å²) in [7, 11) is 0. The van der Waals surface area contributed by atoms with Crippen LogP contribution < -0.4 is 4.74 Å². The minimum absolute atomic E-state index is 0.195. The third kappa shape index (κ3) is 3.61. The Morgan fingerprint density at radius 3 is 3.05 bits per heavy atom. The summed E-state index contributed by atoms with van der Waals surface area (Å²) in [6, 6.07) is 6.40. The van der Waals surface area contributed by atoms with E-state index in [4.69, 9.17) is 14.0 Å². The lowest BCUT2D eigenvalue weighted by Gasteiger charge is -2.31. The number of hydrogen-bond acceptors (Lipinski definition) is 6. The maximum atomic E-state index is 13.5. The van der Waals surface area contributed by atoms with Gasteiger partial charge in [0.05, 0.1) is 6.61 Å². The summed E-state index contributed by atoms with van der Waals surface area (Å²) in [6.45, 7) is 4.91. The van der Waals surface area contributed by atoms with Crippen LogP contribution in [-0.4, -0.2) is 47.9 Å². The van der Waals surface area contributed by atoms with Crippen LogP contribution >= 0.6 is 0 Å². The molecule has 1 atom stereocenters. The number of para-hydroxylation sites is 1. The lowest BCUT2D eigenvalue weighted by Crippen LogP contribution is -2.40. The minimum Gasteiger partial charge on any atom is -0.489 e. The van der Waals surface area contributed by atoms with Crippen molar-refractivity contribution in [1.29, 1.82) is 0 Å². The highest BCUT2D eigenvalue weighted by Crippen LogP contribution is 2.20. The quantitative estimate of drug-likeness (QED) is 0.841. The molecule has 1 saturated heterocycles. The van der Waals surface area contributed by atoms with Crippen molar-refractivity contribution in [3.8, 4) is 5.75 Å². The van der Waals surface area contributed by atoms with Crippen molar-refractivity contribution in [3.05, 3.63) is 41.8 Å². The highest BCUT2D eigenvalue weighted by Gasteiger charge is 2.25. The molecule has 1 fully saturated rings. The van der Waals surface area contributed by atoms with Gasteiger partial charge in [-0.25, -0.2) is 4.39 Å². The largest absolute Gasteiger partial charge is 0.489 e. The number of aromatic nitrogens is 2. The number of halogens is 1. The van der Waals surface area contributed by atoms with Crippen LogP contribution in [0.3, 0.4) is 0 Å². The summed E-state index contributed by atoms with van der Waals surface area (Å²) in [4.78, 5) is 6.38. The van der Waals surface area contributed by atoms with Crippen LogP contribution in [0.5, 0.6) is 5.75 Å². The maximum Gasteiger partial charge on any atom is 0.223 e. The standard InChI is InChI=1S/C15H18FN3O3/c1-11-17-15(18-22-11)14-10-19(7-9-21-14)6-8-20-13-5-3-2-4-12(13)16/h2-5,14H,6-10H2,1H3. The van der Waals surface area contributed by atoms with E-state index in [1.807, 2.05) is 0 Å². The average molecular weight is 307 g/mol. The Bertz CT molecular complexity index is 620. The molecule has 118 valence electrons. The number of nitrogens with zero attached hydrogens (tertiary/aromatic N) is 3. The van der Waals surface area contributed by atoms with Crippen molar-refractivity contribution < 1.29 is 18.4 Å². The molecule has 0 radical (unpaired) electrons. The van der Waals surface area contributed by atoms with Crippen molar-refractivity contribution >= 4 is 0 Å². The SMILES string of the molecule is Cc1nc(C2CN(CCOc3ccccc3F)CCO2)no1. The van der Waals surface area contributed by atoms with E-state index < -0.39 is 0 Å². The number of rotatable bonds is 5. The van der Waals surface area contributed by atoms with Crippen LogP contribution in [0, 0.1) is 12.7 Å². The first-order chi connectivity index (χ1) is 10.7. The number of ether oxygens (including phenoxy) is 2. The van der Waals surface area contributed by atoms with Gasteiger partial charge in [0.2, 0.25) is 11.7 Å². The molecule has 0 saturated carbocycles. The second kappa shape index (κ2) is 6.85. The molecule has 1 aromatic heterocycles. The molecule has 3 rings (SSSR count). The van der Waals surface area contributed by atoms with E-state index in [0.717, 1.165) is 6.54 Å². The monoisotopic (exact) mass is 307 g/mol. The van der Waals surface area contributed by atoms with Gasteiger partial charge < -0.3 is 14.0 Å². The molecule has 1 unspecified atom stereocenters. The van der Waals surface area contributed by atoms with Gasteiger partial charge in [0, 0.05) is 26.6 Å². The molecular formula is C15H18FN3O3. The van der Waals surface area contributed by atoms with Crippen LogP contribution in [0.2, 0.25) is 0 Å².